The van der Waals surface area contributed by atoms with E-state index in [9.17, 15) is 9.59 Å². The van der Waals surface area contributed by atoms with Gasteiger partial charge in [-0.1, -0.05) is 35.4 Å². The summed E-state index contributed by atoms with van der Waals surface area (Å²) in [7, 11) is 0. The van der Waals surface area contributed by atoms with Gasteiger partial charge in [0.2, 0.25) is 11.8 Å². The van der Waals surface area contributed by atoms with Gasteiger partial charge in [-0.05, 0) is 38.1 Å². The number of hydrogen-bond donors (Lipinski definition) is 2. The predicted molar refractivity (Wildman–Crippen MR) is 79.4 cm³/mol. The second-order valence-electron chi connectivity index (χ2n) is 4.46. The van der Waals surface area contributed by atoms with Crippen LogP contribution in [0.5, 0.6) is 0 Å². The number of benzene rings is 2. The van der Waals surface area contributed by atoms with Gasteiger partial charge >= 0.3 is 0 Å². The van der Waals surface area contributed by atoms with Crippen molar-refractivity contribution in [2.75, 3.05) is 0 Å². The summed E-state index contributed by atoms with van der Waals surface area (Å²) in [5.74, 6) is -1.04. The van der Waals surface area contributed by atoms with Crippen molar-refractivity contribution in [3.05, 3.63) is 70.8 Å². The molecule has 2 aromatic rings. The highest BCUT2D eigenvalue weighted by Gasteiger charge is 2.02. The molecule has 0 saturated carbocycles. The van der Waals surface area contributed by atoms with Gasteiger partial charge in [-0.3, -0.25) is 9.59 Å². The van der Waals surface area contributed by atoms with E-state index in [1.807, 2.05) is 0 Å². The van der Waals surface area contributed by atoms with Crippen LogP contribution >= 0.6 is 0 Å². The molecule has 0 aromatic heterocycles. The van der Waals surface area contributed by atoms with Gasteiger partial charge in [0, 0.05) is 11.1 Å². The fourth-order valence-corrected chi connectivity index (χ4v) is 1.61. The van der Waals surface area contributed by atoms with Gasteiger partial charge in [-0.15, -0.1) is 0 Å². The van der Waals surface area contributed by atoms with Crippen LogP contribution in [-0.2, 0) is 0 Å². The Labute approximate surface area is 118 Å². The Morgan fingerprint density at radius 2 is 1.10 bits per heavy atom. The fourth-order valence-electron chi connectivity index (χ4n) is 1.61. The molecule has 0 atom stereocenters. The topological polar surface area (TPSA) is 86.2 Å². The van der Waals surface area contributed by atoms with Crippen LogP contribution in [0.3, 0.4) is 0 Å². The summed E-state index contributed by atoms with van der Waals surface area (Å²) in [6.45, 7) is 4.21. The lowest BCUT2D eigenvalue weighted by Crippen LogP contribution is -2.13. The minimum absolute atomic E-state index is 0.361. The number of primary amides is 2. The lowest BCUT2D eigenvalue weighted by atomic mass is 10.1. The molecule has 104 valence electrons. The standard InChI is InChI=1S/C8H8N2O2.C8H10/c9-7(11)5-1-2-6(4-3-5)8(10)12;1-7-4-3-5-8(2)6-7/h1-4H,(H2,9,11)(H2,10,12);3-6H,1-2H3. The van der Waals surface area contributed by atoms with E-state index in [-0.39, 0.29) is 0 Å². The molecule has 4 nitrogen and oxygen atoms in total. The van der Waals surface area contributed by atoms with E-state index in [0.29, 0.717) is 11.1 Å². The van der Waals surface area contributed by atoms with E-state index in [2.05, 4.69) is 38.1 Å². The van der Waals surface area contributed by atoms with Crippen LogP contribution in [0.15, 0.2) is 48.5 Å². The lowest BCUT2D eigenvalue weighted by molar-refractivity contribution is 0.0988. The third-order valence-corrected chi connectivity index (χ3v) is 2.63. The largest absolute Gasteiger partial charge is 0.366 e. The van der Waals surface area contributed by atoms with E-state index >= 15 is 0 Å². The number of carbonyl (C=O) groups is 2. The van der Waals surface area contributed by atoms with Crippen molar-refractivity contribution in [1.29, 1.82) is 0 Å². The molecular weight excluding hydrogens is 252 g/mol. The second kappa shape index (κ2) is 7.09. The van der Waals surface area contributed by atoms with Gasteiger partial charge in [0.05, 0.1) is 0 Å². The molecule has 0 fully saturated rings. The average Bonchev–Trinajstić information content (AvgIpc) is 2.39. The first-order valence-corrected chi connectivity index (χ1v) is 6.13. The van der Waals surface area contributed by atoms with Crippen LogP contribution in [0.1, 0.15) is 31.8 Å². The van der Waals surface area contributed by atoms with Gasteiger partial charge in [0.25, 0.3) is 0 Å². The van der Waals surface area contributed by atoms with Gasteiger partial charge in [-0.25, -0.2) is 0 Å². The summed E-state index contributed by atoms with van der Waals surface area (Å²) in [5, 5.41) is 0. The van der Waals surface area contributed by atoms with E-state index in [4.69, 9.17) is 11.5 Å². The summed E-state index contributed by atoms with van der Waals surface area (Å²) in [6.07, 6.45) is 0. The first-order chi connectivity index (χ1) is 9.40. The molecule has 0 aliphatic carbocycles. The molecule has 0 unspecified atom stereocenters. The summed E-state index contributed by atoms with van der Waals surface area (Å²) < 4.78 is 0. The zero-order valence-corrected chi connectivity index (χ0v) is 11.6. The van der Waals surface area contributed by atoms with Crippen molar-refractivity contribution in [3.8, 4) is 0 Å². The molecule has 0 spiro atoms. The molecule has 2 aromatic carbocycles. The first-order valence-electron chi connectivity index (χ1n) is 6.13. The smallest absolute Gasteiger partial charge is 0.248 e. The maximum absolute atomic E-state index is 10.6. The van der Waals surface area contributed by atoms with Crippen molar-refractivity contribution in [3.63, 3.8) is 0 Å². The van der Waals surface area contributed by atoms with Crippen molar-refractivity contribution >= 4 is 11.8 Å². The molecule has 20 heavy (non-hydrogen) atoms. The number of aryl methyl sites for hydroxylation is 2. The highest BCUT2D eigenvalue weighted by Crippen LogP contribution is 2.02. The number of amides is 2. The Hall–Kier alpha value is -2.62. The summed E-state index contributed by atoms with van der Waals surface area (Å²) in [6, 6.07) is 14.3. The van der Waals surface area contributed by atoms with Crippen LogP contribution in [0.4, 0.5) is 0 Å². The number of carbonyl (C=O) groups excluding carboxylic acids is 2. The molecule has 0 aliphatic rings. The Morgan fingerprint density at radius 1 is 0.750 bits per heavy atom. The fraction of sp³-hybridized carbons (Fsp3) is 0.125. The maximum Gasteiger partial charge on any atom is 0.248 e. The van der Waals surface area contributed by atoms with E-state index in [1.54, 1.807) is 0 Å². The minimum Gasteiger partial charge on any atom is -0.366 e. The van der Waals surface area contributed by atoms with Gasteiger partial charge in [0.1, 0.15) is 0 Å². The quantitative estimate of drug-likeness (QED) is 0.876. The van der Waals surface area contributed by atoms with Crippen molar-refractivity contribution in [1.82, 2.24) is 0 Å². The third-order valence-electron chi connectivity index (χ3n) is 2.63. The highest BCUT2D eigenvalue weighted by atomic mass is 16.1. The zero-order chi connectivity index (χ0) is 15.1. The van der Waals surface area contributed by atoms with Gasteiger partial charge < -0.3 is 11.5 Å². The lowest BCUT2D eigenvalue weighted by Gasteiger charge is -1.96. The van der Waals surface area contributed by atoms with Crippen LogP contribution in [-0.4, -0.2) is 11.8 Å². The molecule has 4 N–H and O–H groups in total. The van der Waals surface area contributed by atoms with Crippen LogP contribution < -0.4 is 11.5 Å². The zero-order valence-electron chi connectivity index (χ0n) is 11.6. The van der Waals surface area contributed by atoms with Crippen LogP contribution in [0, 0.1) is 13.8 Å². The van der Waals surface area contributed by atoms with Crippen LogP contribution in [0.2, 0.25) is 0 Å². The molecular formula is C16H18N2O2. The van der Waals surface area contributed by atoms with E-state index in [1.165, 1.54) is 35.4 Å². The summed E-state index contributed by atoms with van der Waals surface area (Å²) in [5.41, 5.74) is 13.4. The molecule has 0 heterocycles. The van der Waals surface area contributed by atoms with Crippen molar-refractivity contribution in [2.24, 2.45) is 11.5 Å². The minimum atomic E-state index is -0.522. The van der Waals surface area contributed by atoms with E-state index < -0.39 is 11.8 Å². The molecule has 0 radical (unpaired) electrons. The van der Waals surface area contributed by atoms with Crippen molar-refractivity contribution < 1.29 is 9.59 Å². The van der Waals surface area contributed by atoms with E-state index in [0.717, 1.165) is 0 Å². The molecule has 0 saturated heterocycles. The SMILES string of the molecule is Cc1cccc(C)c1.NC(=O)c1ccc(C(N)=O)cc1. The number of nitrogens with two attached hydrogens (primary N) is 2. The van der Waals surface area contributed by atoms with Crippen LogP contribution in [0.25, 0.3) is 0 Å². The number of rotatable bonds is 2. The Bertz CT molecular complexity index is 554. The Balaban J connectivity index is 0.000000217. The Kier molecular flexibility index (Phi) is 5.47. The average molecular weight is 270 g/mol. The molecule has 0 aliphatic heterocycles. The summed E-state index contributed by atoms with van der Waals surface area (Å²) in [4.78, 5) is 21.2. The Morgan fingerprint density at radius 3 is 1.30 bits per heavy atom. The number of hydrogen-bond acceptors (Lipinski definition) is 2. The first kappa shape index (κ1) is 15.4. The second-order valence-corrected chi connectivity index (χ2v) is 4.46. The monoisotopic (exact) mass is 270 g/mol. The predicted octanol–water partition coefficient (Wildman–Crippen LogP) is 2.19. The normalized spacial score (nSPS) is 9.30. The van der Waals surface area contributed by atoms with Gasteiger partial charge in [0.15, 0.2) is 0 Å². The molecule has 0 bridgehead atoms. The molecule has 2 amide bonds. The van der Waals surface area contributed by atoms with Crippen molar-refractivity contribution in [2.45, 2.75) is 13.8 Å². The third kappa shape index (κ3) is 4.94. The summed E-state index contributed by atoms with van der Waals surface area (Å²) >= 11 is 0. The highest BCUT2D eigenvalue weighted by molar-refractivity contribution is 5.96. The molecule has 2 rings (SSSR count). The van der Waals surface area contributed by atoms with Gasteiger partial charge in [-0.2, -0.15) is 0 Å². The molecule has 4 heteroatoms. The maximum atomic E-state index is 10.6.